The summed E-state index contributed by atoms with van der Waals surface area (Å²) in [5.74, 6) is 0.472. The third-order valence-corrected chi connectivity index (χ3v) is 4.59. The van der Waals surface area contributed by atoms with E-state index >= 15 is 0 Å². The van der Waals surface area contributed by atoms with E-state index in [2.05, 4.69) is 23.3 Å². The lowest BCUT2D eigenvalue weighted by atomic mass is 9.97. The number of hydrogen-bond donors (Lipinski definition) is 0. The lowest BCUT2D eigenvalue weighted by Crippen LogP contribution is -2.39. The Bertz CT molecular complexity index is 713. The Morgan fingerprint density at radius 1 is 1.48 bits per heavy atom. The van der Waals surface area contributed by atoms with Crippen LogP contribution in [0.5, 0.6) is 5.75 Å². The molecule has 1 aliphatic rings. The zero-order valence-corrected chi connectivity index (χ0v) is 14.6. The normalized spacial score (nSPS) is 17.0. The molecule has 0 saturated carbocycles. The molecule has 7 nitrogen and oxygen atoms in total. The predicted molar refractivity (Wildman–Crippen MR) is 90.0 cm³/mol. The van der Waals surface area contributed by atoms with Crippen molar-refractivity contribution in [3.8, 4) is 5.75 Å². The molecule has 0 spiro atoms. The third-order valence-electron chi connectivity index (χ3n) is 3.37. The standard InChI is InChI=1S/C15H22N4O3S/c1-5-18(19-11-15(2,3)10-16-19)12-17-23(20,21)14-8-6-7-13(9-14)22-4/h6-10,12H,5,11H2,1-4H3. The highest BCUT2D eigenvalue weighted by atomic mass is 32.2. The number of benzene rings is 1. The van der Waals surface area contributed by atoms with E-state index in [-0.39, 0.29) is 10.3 Å². The van der Waals surface area contributed by atoms with Crippen molar-refractivity contribution >= 4 is 22.6 Å². The average molecular weight is 338 g/mol. The van der Waals surface area contributed by atoms with Crippen molar-refractivity contribution in [2.75, 3.05) is 20.2 Å². The van der Waals surface area contributed by atoms with E-state index in [0.717, 1.165) is 0 Å². The van der Waals surface area contributed by atoms with Crippen LogP contribution in [0.4, 0.5) is 0 Å². The van der Waals surface area contributed by atoms with Crippen molar-refractivity contribution in [3.63, 3.8) is 0 Å². The first-order valence-electron chi connectivity index (χ1n) is 7.31. The summed E-state index contributed by atoms with van der Waals surface area (Å²) in [5, 5.41) is 7.67. The molecule has 126 valence electrons. The Morgan fingerprint density at radius 3 is 2.78 bits per heavy atom. The van der Waals surface area contributed by atoms with E-state index in [0.29, 0.717) is 18.8 Å². The van der Waals surface area contributed by atoms with Crippen LogP contribution in [0.3, 0.4) is 0 Å². The van der Waals surface area contributed by atoms with Crippen molar-refractivity contribution in [1.82, 2.24) is 10.1 Å². The molecular weight excluding hydrogens is 316 g/mol. The van der Waals surface area contributed by atoms with Gasteiger partial charge in [0.2, 0.25) is 0 Å². The minimum Gasteiger partial charge on any atom is -0.497 e. The summed E-state index contributed by atoms with van der Waals surface area (Å²) in [4.78, 5) is 0.0920. The van der Waals surface area contributed by atoms with Gasteiger partial charge in [-0.15, -0.1) is 4.40 Å². The van der Waals surface area contributed by atoms with Gasteiger partial charge in [0.25, 0.3) is 10.0 Å². The van der Waals surface area contributed by atoms with Gasteiger partial charge < -0.3 is 4.74 Å². The van der Waals surface area contributed by atoms with E-state index in [1.54, 1.807) is 22.3 Å². The van der Waals surface area contributed by atoms with Gasteiger partial charge in [-0.1, -0.05) is 19.9 Å². The number of hydrazine groups is 1. The molecule has 8 heteroatoms. The molecule has 1 heterocycles. The summed E-state index contributed by atoms with van der Waals surface area (Å²) in [6.45, 7) is 7.27. The summed E-state index contributed by atoms with van der Waals surface area (Å²) < 4.78 is 33.5. The molecule has 0 aromatic heterocycles. The molecule has 23 heavy (non-hydrogen) atoms. The summed E-state index contributed by atoms with van der Waals surface area (Å²) in [7, 11) is -2.30. The first kappa shape index (κ1) is 17.3. The second-order valence-corrected chi connectivity index (χ2v) is 7.53. The quantitative estimate of drug-likeness (QED) is 0.586. The van der Waals surface area contributed by atoms with Crippen LogP contribution in [0.25, 0.3) is 0 Å². The number of methoxy groups -OCH3 is 1. The van der Waals surface area contributed by atoms with Crippen molar-refractivity contribution in [1.29, 1.82) is 0 Å². The molecule has 0 radical (unpaired) electrons. The van der Waals surface area contributed by atoms with E-state index in [4.69, 9.17) is 4.74 Å². The van der Waals surface area contributed by atoms with Gasteiger partial charge in [0.15, 0.2) is 0 Å². The number of sulfonamides is 1. The van der Waals surface area contributed by atoms with Crippen molar-refractivity contribution in [2.45, 2.75) is 25.7 Å². The number of nitrogens with zero attached hydrogens (tertiary/aromatic N) is 4. The highest BCUT2D eigenvalue weighted by molar-refractivity contribution is 7.90. The highest BCUT2D eigenvalue weighted by Gasteiger charge is 2.27. The summed E-state index contributed by atoms with van der Waals surface area (Å²) in [6.07, 6.45) is 3.15. The fourth-order valence-electron chi connectivity index (χ4n) is 2.07. The van der Waals surface area contributed by atoms with Crippen LogP contribution in [0.2, 0.25) is 0 Å². The van der Waals surface area contributed by atoms with Crippen molar-refractivity contribution in [3.05, 3.63) is 24.3 Å². The summed E-state index contributed by atoms with van der Waals surface area (Å²) >= 11 is 0. The van der Waals surface area contributed by atoms with Gasteiger partial charge in [-0.2, -0.15) is 13.5 Å². The maximum atomic E-state index is 12.3. The number of hydrazone groups is 1. The molecular formula is C15H22N4O3S. The summed E-state index contributed by atoms with van der Waals surface area (Å²) in [5.41, 5.74) is -0.0487. The predicted octanol–water partition coefficient (Wildman–Crippen LogP) is 1.98. The molecule has 0 atom stereocenters. The zero-order chi connectivity index (χ0) is 17.1. The van der Waals surface area contributed by atoms with Crippen LogP contribution in [-0.4, -0.2) is 51.3 Å². The molecule has 0 N–H and O–H groups in total. The second-order valence-electron chi connectivity index (χ2n) is 5.89. The first-order chi connectivity index (χ1) is 10.8. The van der Waals surface area contributed by atoms with Crippen molar-refractivity contribution < 1.29 is 13.2 Å². The average Bonchev–Trinajstić information content (AvgIpc) is 2.88. The van der Waals surface area contributed by atoms with Crippen LogP contribution < -0.4 is 4.74 Å². The molecule has 0 fully saturated rings. The third kappa shape index (κ3) is 4.22. The van der Waals surface area contributed by atoms with E-state index in [1.807, 2.05) is 13.1 Å². The fraction of sp³-hybridized carbons (Fsp3) is 0.467. The van der Waals surface area contributed by atoms with E-state index < -0.39 is 10.0 Å². The maximum absolute atomic E-state index is 12.3. The summed E-state index contributed by atoms with van der Waals surface area (Å²) in [6, 6.07) is 6.23. The monoisotopic (exact) mass is 338 g/mol. The van der Waals surface area contributed by atoms with Gasteiger partial charge in [0, 0.05) is 24.2 Å². The van der Waals surface area contributed by atoms with Gasteiger partial charge in [-0.25, -0.2) is 5.12 Å². The molecule has 1 aromatic carbocycles. The zero-order valence-electron chi connectivity index (χ0n) is 13.8. The van der Waals surface area contributed by atoms with Gasteiger partial charge in [-0.3, -0.25) is 5.01 Å². The molecule has 0 saturated heterocycles. The lowest BCUT2D eigenvalue weighted by Gasteiger charge is -2.28. The molecule has 1 aliphatic heterocycles. The van der Waals surface area contributed by atoms with Crippen LogP contribution >= 0.6 is 0 Å². The van der Waals surface area contributed by atoms with Gasteiger partial charge in [0.05, 0.1) is 18.6 Å². The molecule has 0 bridgehead atoms. The Kier molecular flexibility index (Phi) is 4.93. The van der Waals surface area contributed by atoms with Crippen molar-refractivity contribution in [2.24, 2.45) is 14.9 Å². The van der Waals surface area contributed by atoms with Gasteiger partial charge in [0.1, 0.15) is 12.1 Å². The Morgan fingerprint density at radius 2 is 2.22 bits per heavy atom. The van der Waals surface area contributed by atoms with Gasteiger partial charge in [-0.05, 0) is 19.1 Å². The first-order valence-corrected chi connectivity index (χ1v) is 8.75. The Balaban J connectivity index is 2.18. The Hall–Kier alpha value is -2.09. The number of hydrogen-bond acceptors (Lipinski definition) is 5. The van der Waals surface area contributed by atoms with Crippen LogP contribution in [0.1, 0.15) is 20.8 Å². The SMILES string of the molecule is CCN(C=NS(=O)(=O)c1cccc(OC)c1)N1CC(C)(C)C=N1. The topological polar surface area (TPSA) is 74.6 Å². The minimum atomic E-state index is -3.79. The maximum Gasteiger partial charge on any atom is 0.283 e. The van der Waals surface area contributed by atoms with E-state index in [9.17, 15) is 8.42 Å². The molecule has 1 aromatic rings. The van der Waals surface area contributed by atoms with Gasteiger partial charge >= 0.3 is 0 Å². The smallest absolute Gasteiger partial charge is 0.283 e. The fourth-order valence-corrected chi connectivity index (χ4v) is 2.94. The molecule has 2 rings (SSSR count). The lowest BCUT2D eigenvalue weighted by molar-refractivity contribution is 0.0545. The van der Waals surface area contributed by atoms with Crippen LogP contribution in [-0.2, 0) is 10.0 Å². The van der Waals surface area contributed by atoms with E-state index in [1.165, 1.54) is 25.6 Å². The second kappa shape index (κ2) is 6.57. The largest absolute Gasteiger partial charge is 0.497 e. The van der Waals surface area contributed by atoms with Crippen LogP contribution in [0, 0.1) is 5.41 Å². The van der Waals surface area contributed by atoms with Crippen LogP contribution in [0.15, 0.2) is 38.7 Å². The minimum absolute atomic E-state index is 0.0487. The molecule has 0 amide bonds. The molecule has 0 aliphatic carbocycles. The Labute approximate surface area is 137 Å². The number of ether oxygens (including phenoxy) is 1. The number of rotatable bonds is 6. The highest BCUT2D eigenvalue weighted by Crippen LogP contribution is 2.22. The molecule has 0 unspecified atom stereocenters.